The maximum atomic E-state index is 13.7. The quantitative estimate of drug-likeness (QED) is 0.622. The second-order valence-electron chi connectivity index (χ2n) is 4.04. The molecule has 0 spiro atoms. The van der Waals surface area contributed by atoms with Crippen molar-refractivity contribution in [2.45, 2.75) is 0 Å². The van der Waals surface area contributed by atoms with Gasteiger partial charge in [-0.05, 0) is 42.0 Å². The predicted molar refractivity (Wildman–Crippen MR) is 67.1 cm³/mol. The molecule has 0 aliphatic rings. The van der Waals surface area contributed by atoms with Gasteiger partial charge in [-0.15, -0.1) is 0 Å². The lowest BCUT2D eigenvalue weighted by Crippen LogP contribution is -1.87. The van der Waals surface area contributed by atoms with Crippen LogP contribution in [0.25, 0.3) is 22.0 Å². The van der Waals surface area contributed by atoms with Crippen LogP contribution in [0, 0.1) is 11.6 Å². The smallest absolute Gasteiger partial charge is 0.131 e. The molecule has 0 aliphatic heterocycles. The molecule has 0 saturated heterocycles. The number of hydrogen-bond acceptors (Lipinski definition) is 1. The molecule has 0 atom stereocenters. The summed E-state index contributed by atoms with van der Waals surface area (Å²) in [5.74, 6) is -0.877. The van der Waals surface area contributed by atoms with Crippen molar-refractivity contribution in [1.29, 1.82) is 0 Å². The highest BCUT2D eigenvalue weighted by atomic mass is 19.1. The Kier molecular flexibility index (Phi) is 2.52. The number of pyridine rings is 1. The van der Waals surface area contributed by atoms with Crippen molar-refractivity contribution in [2.24, 2.45) is 0 Å². The summed E-state index contributed by atoms with van der Waals surface area (Å²) < 4.78 is 26.8. The van der Waals surface area contributed by atoms with Gasteiger partial charge in [0, 0.05) is 17.1 Å². The summed E-state index contributed by atoms with van der Waals surface area (Å²) in [5, 5.41) is 0.902. The molecule has 18 heavy (non-hydrogen) atoms. The summed E-state index contributed by atoms with van der Waals surface area (Å²) in [6.45, 7) is 0. The Labute approximate surface area is 103 Å². The Bertz CT molecular complexity index is 723. The highest BCUT2D eigenvalue weighted by Gasteiger charge is 2.07. The third-order valence-corrected chi connectivity index (χ3v) is 2.84. The van der Waals surface area contributed by atoms with Gasteiger partial charge in [0.2, 0.25) is 0 Å². The van der Waals surface area contributed by atoms with E-state index in [1.165, 1.54) is 6.07 Å². The van der Waals surface area contributed by atoms with Crippen LogP contribution in [0.1, 0.15) is 0 Å². The Morgan fingerprint density at radius 3 is 2.67 bits per heavy atom. The molecule has 0 bridgehead atoms. The van der Waals surface area contributed by atoms with Crippen molar-refractivity contribution in [3.05, 3.63) is 66.4 Å². The molecular formula is C15H9F2N. The molecule has 88 valence electrons. The van der Waals surface area contributed by atoms with Gasteiger partial charge < -0.3 is 0 Å². The monoisotopic (exact) mass is 241 g/mol. The van der Waals surface area contributed by atoms with Gasteiger partial charge in [0.05, 0.1) is 5.52 Å². The molecule has 0 unspecified atom stereocenters. The summed E-state index contributed by atoms with van der Waals surface area (Å²) in [7, 11) is 0. The lowest BCUT2D eigenvalue weighted by molar-refractivity contribution is 0.603. The zero-order valence-electron chi connectivity index (χ0n) is 9.40. The van der Waals surface area contributed by atoms with Crippen LogP contribution in [0.5, 0.6) is 0 Å². The second kappa shape index (κ2) is 4.18. The molecule has 1 aromatic heterocycles. The zero-order chi connectivity index (χ0) is 12.5. The highest BCUT2D eigenvalue weighted by molar-refractivity contribution is 5.84. The van der Waals surface area contributed by atoms with Crippen LogP contribution in [0.3, 0.4) is 0 Å². The van der Waals surface area contributed by atoms with E-state index in [4.69, 9.17) is 0 Å². The van der Waals surface area contributed by atoms with Gasteiger partial charge in [-0.3, -0.25) is 4.98 Å². The van der Waals surface area contributed by atoms with Gasteiger partial charge in [0.25, 0.3) is 0 Å². The van der Waals surface area contributed by atoms with Gasteiger partial charge in [0.15, 0.2) is 0 Å². The number of benzene rings is 2. The molecule has 0 aliphatic carbocycles. The van der Waals surface area contributed by atoms with E-state index < -0.39 is 11.6 Å². The maximum Gasteiger partial charge on any atom is 0.131 e. The van der Waals surface area contributed by atoms with E-state index in [0.717, 1.165) is 23.0 Å². The summed E-state index contributed by atoms with van der Waals surface area (Å²) >= 11 is 0. The Morgan fingerprint density at radius 2 is 1.78 bits per heavy atom. The first kappa shape index (κ1) is 10.8. The van der Waals surface area contributed by atoms with Crippen molar-refractivity contribution in [3.8, 4) is 11.1 Å². The van der Waals surface area contributed by atoms with Crippen LogP contribution in [0.4, 0.5) is 8.78 Å². The van der Waals surface area contributed by atoms with Crippen LogP contribution in [0.15, 0.2) is 54.7 Å². The van der Waals surface area contributed by atoms with Crippen LogP contribution < -0.4 is 0 Å². The van der Waals surface area contributed by atoms with E-state index >= 15 is 0 Å². The Hall–Kier alpha value is -2.29. The lowest BCUT2D eigenvalue weighted by Gasteiger charge is -2.05. The molecule has 1 nitrogen and oxygen atoms in total. The molecule has 0 saturated carbocycles. The predicted octanol–water partition coefficient (Wildman–Crippen LogP) is 4.18. The van der Waals surface area contributed by atoms with Gasteiger partial charge in [-0.25, -0.2) is 8.78 Å². The summed E-state index contributed by atoms with van der Waals surface area (Å²) in [6.07, 6.45) is 1.70. The molecular weight excluding hydrogens is 232 g/mol. The Balaban J connectivity index is 2.22. The minimum atomic E-state index is -0.447. The van der Waals surface area contributed by atoms with E-state index in [-0.39, 0.29) is 5.56 Å². The first-order valence-corrected chi connectivity index (χ1v) is 5.54. The molecule has 2 aromatic carbocycles. The summed E-state index contributed by atoms with van der Waals surface area (Å²) in [6, 6.07) is 12.5. The maximum absolute atomic E-state index is 13.7. The van der Waals surface area contributed by atoms with Gasteiger partial charge in [-0.1, -0.05) is 12.1 Å². The topological polar surface area (TPSA) is 12.9 Å². The van der Waals surface area contributed by atoms with Crippen LogP contribution in [-0.2, 0) is 0 Å². The largest absolute Gasteiger partial charge is 0.256 e. The van der Waals surface area contributed by atoms with E-state index in [9.17, 15) is 8.78 Å². The standard InChI is InChI=1S/C15H9F2N/c16-12-4-5-14(17)13(9-12)10-3-6-15-11(8-10)2-1-7-18-15/h1-9H. The van der Waals surface area contributed by atoms with Gasteiger partial charge >= 0.3 is 0 Å². The van der Waals surface area contributed by atoms with Crippen molar-refractivity contribution < 1.29 is 8.78 Å². The summed E-state index contributed by atoms with van der Waals surface area (Å²) in [4.78, 5) is 4.19. The third-order valence-electron chi connectivity index (χ3n) is 2.84. The van der Waals surface area contributed by atoms with E-state index in [1.807, 2.05) is 12.1 Å². The van der Waals surface area contributed by atoms with Gasteiger partial charge in [0.1, 0.15) is 11.6 Å². The lowest BCUT2D eigenvalue weighted by atomic mass is 10.0. The van der Waals surface area contributed by atoms with Crippen molar-refractivity contribution in [2.75, 3.05) is 0 Å². The van der Waals surface area contributed by atoms with Gasteiger partial charge in [-0.2, -0.15) is 0 Å². The van der Waals surface area contributed by atoms with Crippen LogP contribution >= 0.6 is 0 Å². The number of halogens is 2. The molecule has 0 radical (unpaired) electrons. The number of nitrogens with zero attached hydrogens (tertiary/aromatic N) is 1. The molecule has 0 amide bonds. The molecule has 3 aromatic rings. The molecule has 3 rings (SSSR count). The van der Waals surface area contributed by atoms with Crippen molar-refractivity contribution in [1.82, 2.24) is 4.98 Å². The minimum Gasteiger partial charge on any atom is -0.256 e. The Morgan fingerprint density at radius 1 is 0.889 bits per heavy atom. The fraction of sp³-hybridized carbons (Fsp3) is 0. The number of fused-ring (bicyclic) bond motifs is 1. The normalized spacial score (nSPS) is 10.8. The van der Waals surface area contributed by atoms with E-state index in [0.29, 0.717) is 5.56 Å². The third kappa shape index (κ3) is 1.84. The first-order chi connectivity index (χ1) is 8.74. The average Bonchev–Trinajstić information content (AvgIpc) is 2.41. The zero-order valence-corrected chi connectivity index (χ0v) is 9.40. The van der Waals surface area contributed by atoms with Crippen molar-refractivity contribution in [3.63, 3.8) is 0 Å². The van der Waals surface area contributed by atoms with E-state index in [2.05, 4.69) is 4.98 Å². The first-order valence-electron chi connectivity index (χ1n) is 5.54. The highest BCUT2D eigenvalue weighted by Crippen LogP contribution is 2.26. The molecule has 0 fully saturated rings. The van der Waals surface area contributed by atoms with Crippen LogP contribution in [-0.4, -0.2) is 4.98 Å². The number of hydrogen-bond donors (Lipinski definition) is 0. The molecule has 3 heteroatoms. The fourth-order valence-corrected chi connectivity index (χ4v) is 1.96. The van der Waals surface area contributed by atoms with Crippen molar-refractivity contribution >= 4 is 10.9 Å². The molecule has 0 N–H and O–H groups in total. The SMILES string of the molecule is Fc1ccc(F)c(-c2ccc3ncccc3c2)c1. The fourth-order valence-electron chi connectivity index (χ4n) is 1.96. The molecule has 1 heterocycles. The number of rotatable bonds is 1. The minimum absolute atomic E-state index is 0.265. The van der Waals surface area contributed by atoms with Crippen LogP contribution in [0.2, 0.25) is 0 Å². The second-order valence-corrected chi connectivity index (χ2v) is 4.04. The summed E-state index contributed by atoms with van der Waals surface area (Å²) in [5.41, 5.74) is 1.74. The average molecular weight is 241 g/mol. The number of aromatic nitrogens is 1. The van der Waals surface area contributed by atoms with E-state index in [1.54, 1.807) is 24.4 Å².